The average molecular weight is 180 g/mol. The van der Waals surface area contributed by atoms with E-state index in [0.29, 0.717) is 5.92 Å². The monoisotopic (exact) mass is 179 g/mol. The van der Waals surface area contributed by atoms with Gasteiger partial charge in [0.05, 0.1) is 5.69 Å². The van der Waals surface area contributed by atoms with Gasteiger partial charge in [0.1, 0.15) is 0 Å². The predicted octanol–water partition coefficient (Wildman–Crippen LogP) is 3.55. The summed E-state index contributed by atoms with van der Waals surface area (Å²) in [5.74, 6) is 0.471. The molecule has 1 aliphatic rings. The van der Waals surface area contributed by atoms with Crippen molar-refractivity contribution in [3.05, 3.63) is 28.8 Å². The number of halogens is 1. The molecular weight excluding hydrogens is 170 g/mol. The summed E-state index contributed by atoms with van der Waals surface area (Å²) >= 11 is 5.89. The third-order valence-electron chi connectivity index (χ3n) is 2.22. The third kappa shape index (κ3) is 1.14. The zero-order valence-electron chi connectivity index (χ0n) is 6.92. The van der Waals surface area contributed by atoms with E-state index >= 15 is 0 Å². The Balaban J connectivity index is 2.48. The number of hydrogen-bond donors (Lipinski definition) is 0. The van der Waals surface area contributed by atoms with Crippen molar-refractivity contribution in [2.75, 3.05) is 0 Å². The van der Waals surface area contributed by atoms with Crippen LogP contribution < -0.4 is 0 Å². The molecule has 2 heteroatoms. The summed E-state index contributed by atoms with van der Waals surface area (Å²) < 4.78 is 0. The second kappa shape index (κ2) is 2.91. The van der Waals surface area contributed by atoms with Gasteiger partial charge in [0.25, 0.3) is 0 Å². The van der Waals surface area contributed by atoms with Crippen molar-refractivity contribution in [1.29, 1.82) is 0 Å². The molecule has 1 nitrogen and oxygen atoms in total. The van der Waals surface area contributed by atoms with E-state index in [1.54, 1.807) is 0 Å². The number of fused-ring (bicyclic) bond motifs is 1. The van der Waals surface area contributed by atoms with Crippen LogP contribution >= 0.6 is 11.6 Å². The van der Waals surface area contributed by atoms with Crippen LogP contribution in [-0.4, -0.2) is 6.21 Å². The van der Waals surface area contributed by atoms with E-state index in [1.807, 2.05) is 24.4 Å². The molecule has 1 unspecified atom stereocenters. The number of benzene rings is 1. The van der Waals surface area contributed by atoms with Crippen molar-refractivity contribution in [1.82, 2.24) is 0 Å². The smallest absolute Gasteiger partial charge is 0.0665 e. The van der Waals surface area contributed by atoms with Crippen LogP contribution in [-0.2, 0) is 0 Å². The molecule has 0 fully saturated rings. The summed E-state index contributed by atoms with van der Waals surface area (Å²) in [4.78, 5) is 4.31. The van der Waals surface area contributed by atoms with Gasteiger partial charge in [-0.25, -0.2) is 0 Å². The Labute approximate surface area is 77.1 Å². The molecule has 0 N–H and O–H groups in total. The summed E-state index contributed by atoms with van der Waals surface area (Å²) in [5.41, 5.74) is 2.34. The van der Waals surface area contributed by atoms with Crippen LogP contribution in [0.15, 0.2) is 23.2 Å². The van der Waals surface area contributed by atoms with Crippen LogP contribution in [0.25, 0.3) is 0 Å². The third-order valence-corrected chi connectivity index (χ3v) is 2.46. The fourth-order valence-corrected chi connectivity index (χ4v) is 1.70. The molecule has 12 heavy (non-hydrogen) atoms. The molecule has 1 aliphatic heterocycles. The first-order chi connectivity index (χ1) is 5.81. The summed E-state index contributed by atoms with van der Waals surface area (Å²) in [6, 6.07) is 5.87. The van der Waals surface area contributed by atoms with Gasteiger partial charge in [-0.1, -0.05) is 18.5 Å². The highest BCUT2D eigenvalue weighted by Gasteiger charge is 2.16. The predicted molar refractivity (Wildman–Crippen MR) is 52.6 cm³/mol. The lowest BCUT2D eigenvalue weighted by Crippen LogP contribution is -1.92. The van der Waals surface area contributed by atoms with Crippen LogP contribution in [0.2, 0.25) is 5.02 Å². The van der Waals surface area contributed by atoms with E-state index in [4.69, 9.17) is 11.6 Å². The number of nitrogens with zero attached hydrogens (tertiary/aromatic N) is 1. The zero-order valence-corrected chi connectivity index (χ0v) is 7.67. The molecule has 1 aromatic carbocycles. The second-order valence-electron chi connectivity index (χ2n) is 3.00. The summed E-state index contributed by atoms with van der Waals surface area (Å²) in [6.07, 6.45) is 3.10. The maximum Gasteiger partial charge on any atom is 0.0665 e. The lowest BCUT2D eigenvalue weighted by molar-refractivity contribution is 0.875. The average Bonchev–Trinajstić information content (AvgIpc) is 2.46. The molecule has 0 saturated heterocycles. The zero-order chi connectivity index (χ0) is 8.55. The highest BCUT2D eigenvalue weighted by atomic mass is 35.5. The van der Waals surface area contributed by atoms with Crippen molar-refractivity contribution in [2.45, 2.75) is 19.3 Å². The standard InChI is InChI=1S/C10H10ClN/c1-2-7-6-12-10-4-3-8(11)5-9(7)10/h3-7H,2H2,1H3. The maximum absolute atomic E-state index is 5.89. The van der Waals surface area contributed by atoms with Crippen molar-refractivity contribution in [3.63, 3.8) is 0 Å². The molecule has 2 rings (SSSR count). The quantitative estimate of drug-likeness (QED) is 0.625. The van der Waals surface area contributed by atoms with Gasteiger partial charge in [0.2, 0.25) is 0 Å². The highest BCUT2D eigenvalue weighted by molar-refractivity contribution is 6.30. The van der Waals surface area contributed by atoms with Crippen LogP contribution in [0.4, 0.5) is 5.69 Å². The SMILES string of the molecule is CCC1C=Nc2ccc(Cl)cc21. The second-order valence-corrected chi connectivity index (χ2v) is 3.43. The van der Waals surface area contributed by atoms with E-state index in [-0.39, 0.29) is 0 Å². The fraction of sp³-hybridized carbons (Fsp3) is 0.300. The Morgan fingerprint density at radius 2 is 2.33 bits per heavy atom. The van der Waals surface area contributed by atoms with Gasteiger partial charge in [-0.05, 0) is 30.2 Å². The molecule has 1 aromatic rings. The molecule has 0 aliphatic carbocycles. The lowest BCUT2D eigenvalue weighted by atomic mass is 9.99. The van der Waals surface area contributed by atoms with Gasteiger partial charge in [-0.2, -0.15) is 0 Å². The Morgan fingerprint density at radius 3 is 3.08 bits per heavy atom. The lowest BCUT2D eigenvalue weighted by Gasteiger charge is -2.05. The molecular formula is C10H10ClN. The maximum atomic E-state index is 5.89. The van der Waals surface area contributed by atoms with Gasteiger partial charge in [-0.3, -0.25) is 4.99 Å². The first kappa shape index (κ1) is 7.81. The number of rotatable bonds is 1. The van der Waals surface area contributed by atoms with E-state index in [9.17, 15) is 0 Å². The van der Waals surface area contributed by atoms with E-state index in [0.717, 1.165) is 17.1 Å². The van der Waals surface area contributed by atoms with Crippen molar-refractivity contribution in [2.24, 2.45) is 4.99 Å². The fourth-order valence-electron chi connectivity index (χ4n) is 1.52. The van der Waals surface area contributed by atoms with Gasteiger partial charge in [0.15, 0.2) is 0 Å². The van der Waals surface area contributed by atoms with Gasteiger partial charge < -0.3 is 0 Å². The summed E-state index contributed by atoms with van der Waals surface area (Å²) in [7, 11) is 0. The van der Waals surface area contributed by atoms with Crippen LogP contribution in [0.3, 0.4) is 0 Å². The summed E-state index contributed by atoms with van der Waals surface area (Å²) in [5, 5.41) is 0.803. The Morgan fingerprint density at radius 1 is 1.50 bits per heavy atom. The van der Waals surface area contributed by atoms with E-state index in [2.05, 4.69) is 11.9 Å². The Bertz CT molecular complexity index is 331. The number of hydrogen-bond acceptors (Lipinski definition) is 1. The Kier molecular flexibility index (Phi) is 1.89. The van der Waals surface area contributed by atoms with Crippen molar-refractivity contribution in [3.8, 4) is 0 Å². The van der Waals surface area contributed by atoms with Crippen LogP contribution in [0.1, 0.15) is 24.8 Å². The van der Waals surface area contributed by atoms with Crippen molar-refractivity contribution < 1.29 is 0 Å². The van der Waals surface area contributed by atoms with E-state index in [1.165, 1.54) is 5.56 Å². The molecule has 0 saturated carbocycles. The van der Waals surface area contributed by atoms with Gasteiger partial charge in [0, 0.05) is 17.2 Å². The molecule has 0 amide bonds. The molecule has 0 bridgehead atoms. The van der Waals surface area contributed by atoms with Gasteiger partial charge >= 0.3 is 0 Å². The molecule has 0 spiro atoms. The van der Waals surface area contributed by atoms with Crippen molar-refractivity contribution >= 4 is 23.5 Å². The largest absolute Gasteiger partial charge is 0.260 e. The van der Waals surface area contributed by atoms with Crippen LogP contribution in [0.5, 0.6) is 0 Å². The summed E-state index contributed by atoms with van der Waals surface area (Å²) in [6.45, 7) is 2.16. The molecule has 1 atom stereocenters. The molecule has 0 aromatic heterocycles. The van der Waals surface area contributed by atoms with Gasteiger partial charge in [-0.15, -0.1) is 0 Å². The van der Waals surface area contributed by atoms with Crippen LogP contribution in [0, 0.1) is 0 Å². The molecule has 1 heterocycles. The minimum Gasteiger partial charge on any atom is -0.260 e. The normalized spacial score (nSPS) is 19.7. The first-order valence-electron chi connectivity index (χ1n) is 4.15. The topological polar surface area (TPSA) is 12.4 Å². The molecule has 62 valence electrons. The number of aliphatic imine (C=N–C) groups is 1. The molecule has 0 radical (unpaired) electrons. The Hall–Kier alpha value is -0.820. The van der Waals surface area contributed by atoms with E-state index < -0.39 is 0 Å². The minimum atomic E-state index is 0.471. The minimum absolute atomic E-state index is 0.471. The highest BCUT2D eigenvalue weighted by Crippen LogP contribution is 2.35. The first-order valence-corrected chi connectivity index (χ1v) is 4.52.